The summed E-state index contributed by atoms with van der Waals surface area (Å²) in [5.74, 6) is 0.129. The topological polar surface area (TPSA) is 26.3 Å². The van der Waals surface area contributed by atoms with E-state index < -0.39 is 13.0 Å². The molecule has 0 saturated carbocycles. The van der Waals surface area contributed by atoms with Crippen LogP contribution in [0.1, 0.15) is 26.2 Å². The first kappa shape index (κ1) is 11.5. The van der Waals surface area contributed by atoms with Crippen LogP contribution in [0.3, 0.4) is 0 Å². The quantitative estimate of drug-likeness (QED) is 0.560. The van der Waals surface area contributed by atoms with E-state index in [4.69, 9.17) is 0 Å². The zero-order valence-electron chi connectivity index (χ0n) is 7.19. The van der Waals surface area contributed by atoms with Crippen molar-refractivity contribution in [3.8, 4) is 0 Å². The van der Waals surface area contributed by atoms with Gasteiger partial charge in [-0.1, -0.05) is 0 Å². The molecule has 0 unspecified atom stereocenters. The van der Waals surface area contributed by atoms with Crippen LogP contribution in [0.5, 0.6) is 0 Å². The van der Waals surface area contributed by atoms with Crippen molar-refractivity contribution in [3.05, 3.63) is 0 Å². The van der Waals surface area contributed by atoms with E-state index in [9.17, 15) is 13.6 Å². The molecule has 0 saturated heterocycles. The fourth-order valence-electron chi connectivity index (χ4n) is 0.750. The minimum atomic E-state index is -2.39. The van der Waals surface area contributed by atoms with Gasteiger partial charge in [0.15, 0.2) is 0 Å². The molecule has 0 aliphatic carbocycles. The van der Waals surface area contributed by atoms with Crippen molar-refractivity contribution in [1.82, 2.24) is 0 Å². The van der Waals surface area contributed by atoms with Crippen molar-refractivity contribution < 1.29 is 18.3 Å². The Morgan fingerprint density at radius 1 is 1.42 bits per heavy atom. The fourth-order valence-corrected chi connectivity index (χ4v) is 0.750. The monoisotopic (exact) mass is 180 g/mol. The molecule has 0 fully saturated rings. The molecule has 0 atom stereocenters. The van der Waals surface area contributed by atoms with Crippen LogP contribution in [0, 0.1) is 0 Å². The first-order valence-corrected chi connectivity index (χ1v) is 3.98. The lowest BCUT2D eigenvalue weighted by Gasteiger charge is -2.01. The van der Waals surface area contributed by atoms with Crippen LogP contribution in [0.2, 0.25) is 0 Å². The van der Waals surface area contributed by atoms with E-state index in [2.05, 4.69) is 4.74 Å². The molecule has 4 heteroatoms. The summed E-state index contributed by atoms with van der Waals surface area (Å²) in [5, 5.41) is 0. The van der Waals surface area contributed by atoms with E-state index in [0.717, 1.165) is 6.42 Å². The summed E-state index contributed by atoms with van der Waals surface area (Å²) in [6.45, 7) is 1.33. The van der Waals surface area contributed by atoms with Gasteiger partial charge in [-0.25, -0.2) is 8.78 Å². The fraction of sp³-hybridized carbons (Fsp3) is 0.875. The highest BCUT2D eigenvalue weighted by atomic mass is 19.3. The van der Waals surface area contributed by atoms with Crippen LogP contribution in [0.25, 0.3) is 0 Å². The lowest BCUT2D eigenvalue weighted by molar-refractivity contribution is -0.117. The Kier molecular flexibility index (Phi) is 6.85. The summed E-state index contributed by atoms with van der Waals surface area (Å²) < 4.78 is 27.6. The number of carbonyl (C=O) groups excluding carboxylic acids is 1. The van der Waals surface area contributed by atoms with Crippen LogP contribution in [-0.2, 0) is 9.53 Å². The number of ether oxygens (including phenoxy) is 1. The molecule has 0 bridgehead atoms. The largest absolute Gasteiger partial charge is 0.376 e. The van der Waals surface area contributed by atoms with Gasteiger partial charge in [-0.2, -0.15) is 0 Å². The lowest BCUT2D eigenvalue weighted by Crippen LogP contribution is -2.05. The Balaban J connectivity index is 2.96. The molecule has 0 aromatic heterocycles. The maximum Gasteiger partial charge on any atom is 0.261 e. The number of rotatable bonds is 7. The number of unbranched alkanes of at least 4 members (excludes halogenated alkanes) is 1. The Labute approximate surface area is 70.9 Å². The first-order chi connectivity index (χ1) is 5.63. The SMILES string of the molecule is CC(=O)CCCCOCC(F)F. The predicted octanol–water partition coefficient (Wildman–Crippen LogP) is 2.03. The zero-order valence-corrected chi connectivity index (χ0v) is 7.19. The predicted molar refractivity (Wildman–Crippen MR) is 41.4 cm³/mol. The summed E-state index contributed by atoms with van der Waals surface area (Å²) in [6, 6.07) is 0. The minimum absolute atomic E-state index is 0.129. The van der Waals surface area contributed by atoms with Crippen molar-refractivity contribution in [2.75, 3.05) is 13.2 Å². The molecular formula is C8H14F2O2. The second kappa shape index (κ2) is 7.16. The standard InChI is InChI=1S/C8H14F2O2/c1-7(11)4-2-3-5-12-6-8(9)10/h8H,2-6H2,1H3. The normalized spacial score (nSPS) is 10.7. The van der Waals surface area contributed by atoms with E-state index in [-0.39, 0.29) is 5.78 Å². The molecular weight excluding hydrogens is 166 g/mol. The number of Topliss-reactive ketones (excluding diaryl/α,β-unsaturated/α-hetero) is 1. The number of hydrogen-bond donors (Lipinski definition) is 0. The third-order valence-electron chi connectivity index (χ3n) is 1.31. The van der Waals surface area contributed by atoms with Gasteiger partial charge in [0.1, 0.15) is 12.4 Å². The molecule has 0 N–H and O–H groups in total. The second-order valence-electron chi connectivity index (χ2n) is 2.63. The molecule has 12 heavy (non-hydrogen) atoms. The van der Waals surface area contributed by atoms with Crippen molar-refractivity contribution in [1.29, 1.82) is 0 Å². The molecule has 0 heterocycles. The van der Waals surface area contributed by atoms with E-state index in [0.29, 0.717) is 19.4 Å². The third-order valence-corrected chi connectivity index (χ3v) is 1.31. The molecule has 2 nitrogen and oxygen atoms in total. The number of alkyl halides is 2. The summed E-state index contributed by atoms with van der Waals surface area (Å²) in [7, 11) is 0. The highest BCUT2D eigenvalue weighted by molar-refractivity contribution is 5.75. The van der Waals surface area contributed by atoms with Gasteiger partial charge in [0.05, 0.1) is 0 Å². The molecule has 0 aliphatic heterocycles. The van der Waals surface area contributed by atoms with Crippen molar-refractivity contribution in [2.24, 2.45) is 0 Å². The number of carbonyl (C=O) groups is 1. The minimum Gasteiger partial charge on any atom is -0.376 e. The molecule has 0 aromatic rings. The van der Waals surface area contributed by atoms with E-state index in [1.54, 1.807) is 0 Å². The van der Waals surface area contributed by atoms with E-state index in [1.807, 2.05) is 0 Å². The summed E-state index contributed by atoms with van der Waals surface area (Å²) in [4.78, 5) is 10.4. The van der Waals surface area contributed by atoms with Gasteiger partial charge in [-0.05, 0) is 19.8 Å². The van der Waals surface area contributed by atoms with Gasteiger partial charge in [0, 0.05) is 13.0 Å². The van der Waals surface area contributed by atoms with E-state index >= 15 is 0 Å². The summed E-state index contributed by atoms with van der Waals surface area (Å²) in [6.07, 6.45) is -0.485. The van der Waals surface area contributed by atoms with E-state index in [1.165, 1.54) is 6.92 Å². The van der Waals surface area contributed by atoms with Gasteiger partial charge in [-0.3, -0.25) is 0 Å². The lowest BCUT2D eigenvalue weighted by atomic mass is 10.2. The third kappa shape index (κ3) is 9.49. The Morgan fingerprint density at radius 2 is 2.08 bits per heavy atom. The summed E-state index contributed by atoms with van der Waals surface area (Å²) >= 11 is 0. The van der Waals surface area contributed by atoms with Gasteiger partial charge in [-0.15, -0.1) is 0 Å². The van der Waals surface area contributed by atoms with Crippen molar-refractivity contribution >= 4 is 5.78 Å². The highest BCUT2D eigenvalue weighted by Crippen LogP contribution is 1.98. The average Bonchev–Trinajstić information content (AvgIpc) is 1.95. The smallest absolute Gasteiger partial charge is 0.261 e. The number of halogens is 2. The van der Waals surface area contributed by atoms with Gasteiger partial charge in [0.25, 0.3) is 6.43 Å². The first-order valence-electron chi connectivity index (χ1n) is 3.98. The second-order valence-corrected chi connectivity index (χ2v) is 2.63. The van der Waals surface area contributed by atoms with Crippen LogP contribution in [0.15, 0.2) is 0 Å². The number of ketones is 1. The molecule has 72 valence electrons. The summed E-state index contributed by atoms with van der Waals surface area (Å²) in [5.41, 5.74) is 0. The molecule has 0 amide bonds. The number of hydrogen-bond acceptors (Lipinski definition) is 2. The average molecular weight is 180 g/mol. The maximum atomic E-state index is 11.5. The van der Waals surface area contributed by atoms with Gasteiger partial charge < -0.3 is 9.53 Å². The van der Waals surface area contributed by atoms with Crippen molar-refractivity contribution in [2.45, 2.75) is 32.6 Å². The molecule has 0 aliphatic rings. The van der Waals surface area contributed by atoms with Gasteiger partial charge in [0.2, 0.25) is 0 Å². The van der Waals surface area contributed by atoms with Crippen LogP contribution >= 0.6 is 0 Å². The Bertz CT molecular complexity index is 126. The van der Waals surface area contributed by atoms with Gasteiger partial charge >= 0.3 is 0 Å². The van der Waals surface area contributed by atoms with Crippen LogP contribution < -0.4 is 0 Å². The highest BCUT2D eigenvalue weighted by Gasteiger charge is 2.00. The van der Waals surface area contributed by atoms with Crippen molar-refractivity contribution in [3.63, 3.8) is 0 Å². The molecule has 0 aromatic carbocycles. The molecule has 0 radical (unpaired) electrons. The van der Waals surface area contributed by atoms with Crippen LogP contribution in [0.4, 0.5) is 8.78 Å². The zero-order chi connectivity index (χ0) is 9.40. The molecule has 0 spiro atoms. The molecule has 0 rings (SSSR count). The maximum absolute atomic E-state index is 11.5. The van der Waals surface area contributed by atoms with Crippen LogP contribution in [-0.4, -0.2) is 25.4 Å². The Morgan fingerprint density at radius 3 is 2.58 bits per heavy atom. The Hall–Kier alpha value is -0.510.